The quantitative estimate of drug-likeness (QED) is 0.0523. The highest BCUT2D eigenvalue weighted by atomic mass is 35.8. The van der Waals surface area contributed by atoms with Crippen LogP contribution in [-0.4, -0.2) is 25.2 Å². The Labute approximate surface area is 232 Å². The smallest absolute Gasteiger partial charge is 0.493 e. The summed E-state index contributed by atoms with van der Waals surface area (Å²) in [6, 6.07) is 17.2. The molecule has 0 aliphatic carbocycles. The highest BCUT2D eigenvalue weighted by Gasteiger charge is 2.26. The summed E-state index contributed by atoms with van der Waals surface area (Å²) >= 11 is 17.0. The minimum Gasteiger partial charge on any atom is -0.494 e. The number of benzene rings is 2. The standard InChI is InChI=1S/C29H39Cl3O3Si/c30-36(31,32)35-25-15-10-8-6-4-2-1-3-5-7-9-14-24-34-28-21-19-27(20-22-28)29(33)23-18-26-16-12-11-13-17-26/h11-13,16-23H,1-10,14-15,24-25H2/b23-18+. The first-order valence-electron chi connectivity index (χ1n) is 13.1. The van der Waals surface area contributed by atoms with Gasteiger partial charge in [-0.15, -0.1) is 0 Å². The molecule has 0 unspecified atom stereocenters. The monoisotopic (exact) mass is 568 g/mol. The third kappa shape index (κ3) is 15.7. The summed E-state index contributed by atoms with van der Waals surface area (Å²) in [5, 5.41) is 0. The van der Waals surface area contributed by atoms with E-state index in [9.17, 15) is 4.79 Å². The van der Waals surface area contributed by atoms with Crippen molar-refractivity contribution in [2.24, 2.45) is 0 Å². The lowest BCUT2D eigenvalue weighted by atomic mass is 10.1. The number of carbonyl (C=O) groups excluding carboxylic acids is 1. The zero-order valence-corrected chi connectivity index (χ0v) is 24.4. The molecule has 0 aliphatic heterocycles. The molecular weight excluding hydrogens is 531 g/mol. The van der Waals surface area contributed by atoms with Crippen LogP contribution in [0.5, 0.6) is 5.75 Å². The molecule has 2 aromatic carbocycles. The molecule has 198 valence electrons. The Hall–Kier alpha value is -1.30. The number of ketones is 1. The molecule has 3 nitrogen and oxygen atoms in total. The molecule has 0 saturated heterocycles. The summed E-state index contributed by atoms with van der Waals surface area (Å²) in [6.07, 6.45) is 15.3. The van der Waals surface area contributed by atoms with Gasteiger partial charge in [0.15, 0.2) is 5.78 Å². The van der Waals surface area contributed by atoms with Crippen LogP contribution in [0.1, 0.15) is 93.0 Å². The van der Waals surface area contributed by atoms with Crippen molar-refractivity contribution in [3.8, 4) is 5.75 Å². The van der Waals surface area contributed by atoms with Crippen molar-refractivity contribution in [1.82, 2.24) is 0 Å². The van der Waals surface area contributed by atoms with Crippen molar-refractivity contribution in [3.05, 3.63) is 71.8 Å². The predicted octanol–water partition coefficient (Wildman–Crippen LogP) is 9.81. The van der Waals surface area contributed by atoms with Gasteiger partial charge in [0.1, 0.15) is 5.75 Å². The van der Waals surface area contributed by atoms with E-state index in [1.807, 2.05) is 60.7 Å². The summed E-state index contributed by atoms with van der Waals surface area (Å²) in [7, 11) is 0. The van der Waals surface area contributed by atoms with E-state index in [1.54, 1.807) is 6.08 Å². The number of ether oxygens (including phenoxy) is 1. The highest BCUT2D eigenvalue weighted by molar-refractivity contribution is 7.62. The van der Waals surface area contributed by atoms with Crippen molar-refractivity contribution in [2.45, 2.75) is 77.0 Å². The zero-order chi connectivity index (χ0) is 25.9. The Morgan fingerprint density at radius 1 is 0.667 bits per heavy atom. The maximum atomic E-state index is 12.3. The van der Waals surface area contributed by atoms with Gasteiger partial charge >= 0.3 is 6.25 Å². The average molecular weight is 570 g/mol. The summed E-state index contributed by atoms with van der Waals surface area (Å²) in [5.74, 6) is 0.814. The van der Waals surface area contributed by atoms with Gasteiger partial charge in [-0.25, -0.2) is 0 Å². The van der Waals surface area contributed by atoms with Crippen LogP contribution in [0.25, 0.3) is 6.08 Å². The minimum absolute atomic E-state index is 0.00424. The van der Waals surface area contributed by atoms with Gasteiger partial charge in [-0.05, 0) is 48.7 Å². The highest BCUT2D eigenvalue weighted by Crippen LogP contribution is 2.21. The normalized spacial score (nSPS) is 11.8. The van der Waals surface area contributed by atoms with Crippen LogP contribution in [0.3, 0.4) is 0 Å². The molecule has 0 N–H and O–H groups in total. The lowest BCUT2D eigenvalue weighted by Gasteiger charge is -2.08. The Bertz CT molecular complexity index is 868. The van der Waals surface area contributed by atoms with E-state index in [-0.39, 0.29) is 5.78 Å². The molecule has 2 rings (SSSR count). The maximum absolute atomic E-state index is 12.3. The van der Waals surface area contributed by atoms with Gasteiger partial charge in [0.25, 0.3) is 0 Å². The van der Waals surface area contributed by atoms with Crippen LogP contribution >= 0.6 is 33.2 Å². The molecule has 36 heavy (non-hydrogen) atoms. The third-order valence-corrected chi connectivity index (χ3v) is 7.45. The third-order valence-electron chi connectivity index (χ3n) is 5.94. The maximum Gasteiger partial charge on any atom is 0.493 e. The Morgan fingerprint density at radius 3 is 1.69 bits per heavy atom. The predicted molar refractivity (Wildman–Crippen MR) is 156 cm³/mol. The van der Waals surface area contributed by atoms with E-state index in [0.717, 1.165) is 37.2 Å². The number of unbranched alkanes of at least 4 members (excludes halogenated alkanes) is 11. The summed E-state index contributed by atoms with van der Waals surface area (Å²) in [4.78, 5) is 12.3. The number of allylic oxidation sites excluding steroid dienone is 1. The average Bonchev–Trinajstić information content (AvgIpc) is 2.87. The Morgan fingerprint density at radius 2 is 1.17 bits per heavy atom. The lowest BCUT2D eigenvalue weighted by Crippen LogP contribution is -2.16. The van der Waals surface area contributed by atoms with E-state index in [2.05, 4.69) is 0 Å². The van der Waals surface area contributed by atoms with Crippen molar-refractivity contribution in [2.75, 3.05) is 13.2 Å². The number of halogens is 3. The summed E-state index contributed by atoms with van der Waals surface area (Å²) in [5.41, 5.74) is 1.68. The van der Waals surface area contributed by atoms with Gasteiger partial charge < -0.3 is 9.16 Å². The summed E-state index contributed by atoms with van der Waals surface area (Å²) < 4.78 is 11.0. The van der Waals surface area contributed by atoms with E-state index >= 15 is 0 Å². The SMILES string of the molecule is O=C(/C=C/c1ccccc1)c1ccc(OCCCCCCCCCCCCCCO[Si](Cl)(Cl)Cl)cc1. The van der Waals surface area contributed by atoms with Crippen LogP contribution in [0.15, 0.2) is 60.7 Å². The van der Waals surface area contributed by atoms with Crippen LogP contribution < -0.4 is 4.74 Å². The largest absolute Gasteiger partial charge is 0.494 e. The van der Waals surface area contributed by atoms with Gasteiger partial charge in [0.05, 0.1) is 6.61 Å². The van der Waals surface area contributed by atoms with E-state index in [1.165, 1.54) is 57.8 Å². The second-order valence-electron chi connectivity index (χ2n) is 9.02. The van der Waals surface area contributed by atoms with Gasteiger partial charge in [0, 0.05) is 12.2 Å². The second-order valence-corrected chi connectivity index (χ2v) is 16.7. The van der Waals surface area contributed by atoms with Gasteiger partial charge in [-0.1, -0.05) is 134 Å². The molecule has 7 heteroatoms. The molecule has 0 fully saturated rings. The van der Waals surface area contributed by atoms with E-state index < -0.39 is 6.25 Å². The lowest BCUT2D eigenvalue weighted by molar-refractivity contribution is 0.104. The molecule has 0 amide bonds. The molecule has 0 spiro atoms. The first-order valence-corrected chi connectivity index (χ1v) is 18.1. The number of carbonyl (C=O) groups is 1. The minimum atomic E-state index is -2.90. The fourth-order valence-electron chi connectivity index (χ4n) is 3.90. The second kappa shape index (κ2) is 18.9. The molecule has 0 bridgehead atoms. The molecular formula is C29H39Cl3O3Si. The van der Waals surface area contributed by atoms with Crippen molar-refractivity contribution >= 4 is 51.3 Å². The molecule has 0 aromatic heterocycles. The van der Waals surface area contributed by atoms with Crippen LogP contribution in [0, 0.1) is 0 Å². The van der Waals surface area contributed by atoms with Gasteiger partial charge in [-0.3, -0.25) is 4.79 Å². The van der Waals surface area contributed by atoms with Gasteiger partial charge in [0.2, 0.25) is 0 Å². The molecule has 0 aliphatic rings. The number of rotatable bonds is 20. The molecule has 0 atom stereocenters. The number of hydrogen-bond donors (Lipinski definition) is 0. The molecule has 0 saturated carbocycles. The van der Waals surface area contributed by atoms with E-state index in [4.69, 9.17) is 42.4 Å². The fraction of sp³-hybridized carbons (Fsp3) is 0.483. The fourth-order valence-corrected chi connectivity index (χ4v) is 4.97. The van der Waals surface area contributed by atoms with Crippen molar-refractivity contribution in [3.63, 3.8) is 0 Å². The van der Waals surface area contributed by atoms with Crippen LogP contribution in [0.2, 0.25) is 0 Å². The molecule has 0 radical (unpaired) electrons. The Kier molecular flexibility index (Phi) is 16.2. The van der Waals surface area contributed by atoms with Gasteiger partial charge in [-0.2, -0.15) is 0 Å². The first-order chi connectivity index (χ1) is 17.4. The topological polar surface area (TPSA) is 35.5 Å². The van der Waals surface area contributed by atoms with Crippen LogP contribution in [0.4, 0.5) is 0 Å². The Balaban J connectivity index is 1.40. The van der Waals surface area contributed by atoms with Crippen molar-refractivity contribution in [1.29, 1.82) is 0 Å². The van der Waals surface area contributed by atoms with E-state index in [0.29, 0.717) is 12.2 Å². The van der Waals surface area contributed by atoms with Crippen LogP contribution in [-0.2, 0) is 4.43 Å². The first kappa shape index (κ1) is 30.9. The zero-order valence-electron chi connectivity index (χ0n) is 21.1. The molecule has 2 aromatic rings. The number of hydrogen-bond acceptors (Lipinski definition) is 3. The summed E-state index contributed by atoms with van der Waals surface area (Å²) in [6.45, 7) is 1.28. The molecule has 0 heterocycles. The van der Waals surface area contributed by atoms with Crippen molar-refractivity contribution < 1.29 is 14.0 Å².